The summed E-state index contributed by atoms with van der Waals surface area (Å²) in [6.45, 7) is 5.61. The molecule has 1 unspecified atom stereocenters. The first kappa shape index (κ1) is 18.4. The number of hydrogen-bond acceptors (Lipinski definition) is 6. The third kappa shape index (κ3) is 3.04. The number of carbonyl (C=O) groups is 1. The molecule has 0 aromatic carbocycles. The molecular weight excluding hydrogens is 302 g/mol. The second kappa shape index (κ2) is 6.49. The van der Waals surface area contributed by atoms with E-state index < -0.39 is 40.4 Å². The molecule has 0 spiro atoms. The summed E-state index contributed by atoms with van der Waals surface area (Å²) in [5.74, 6) is -1.17. The molecule has 0 aromatic heterocycles. The highest BCUT2D eigenvalue weighted by molar-refractivity contribution is 5.80. The minimum atomic E-state index is -1.76. The molecule has 7 nitrogen and oxygen atoms in total. The SMILES string of the molecule is CO[C@@H](C)[C@](O)(C(=O)OCC1=CC[N+]2([O-])CC[C@H](O)[C@@H]12)C(C)C. The van der Waals surface area contributed by atoms with Gasteiger partial charge in [-0.15, -0.1) is 0 Å². The average molecular weight is 329 g/mol. The van der Waals surface area contributed by atoms with Crippen molar-refractivity contribution in [3.8, 4) is 0 Å². The molecule has 2 rings (SSSR count). The molecule has 5 atom stereocenters. The van der Waals surface area contributed by atoms with E-state index in [2.05, 4.69) is 0 Å². The average Bonchev–Trinajstić information content (AvgIpc) is 2.99. The number of hydrogen-bond donors (Lipinski definition) is 2. The number of aliphatic hydroxyl groups excluding tert-OH is 1. The van der Waals surface area contributed by atoms with E-state index in [9.17, 15) is 20.2 Å². The molecule has 1 saturated heterocycles. The Hall–Kier alpha value is -0.990. The monoisotopic (exact) mass is 329 g/mol. The van der Waals surface area contributed by atoms with Crippen LogP contribution in [0.25, 0.3) is 0 Å². The van der Waals surface area contributed by atoms with Crippen LogP contribution in [0.15, 0.2) is 11.6 Å². The van der Waals surface area contributed by atoms with Crippen molar-refractivity contribution in [2.75, 3.05) is 26.8 Å². The topological polar surface area (TPSA) is 99.1 Å². The van der Waals surface area contributed by atoms with Crippen molar-refractivity contribution in [1.82, 2.24) is 0 Å². The number of quaternary nitrogens is 1. The molecule has 1 fully saturated rings. The Balaban J connectivity index is 2.04. The Bertz CT molecular complexity index is 493. The second-order valence-electron chi connectivity index (χ2n) is 6.87. The van der Waals surface area contributed by atoms with E-state index in [1.165, 1.54) is 7.11 Å². The maximum atomic E-state index is 12.5. The van der Waals surface area contributed by atoms with Crippen molar-refractivity contribution < 1.29 is 29.1 Å². The van der Waals surface area contributed by atoms with E-state index in [1.807, 2.05) is 0 Å². The van der Waals surface area contributed by atoms with E-state index in [1.54, 1.807) is 26.8 Å². The lowest BCUT2D eigenvalue weighted by molar-refractivity contribution is -0.877. The largest absolute Gasteiger partial charge is 0.632 e. The van der Waals surface area contributed by atoms with Gasteiger partial charge in [0, 0.05) is 19.1 Å². The quantitative estimate of drug-likeness (QED) is 0.315. The minimum Gasteiger partial charge on any atom is -0.632 e. The third-order valence-electron chi connectivity index (χ3n) is 5.27. The van der Waals surface area contributed by atoms with Crippen LogP contribution in [-0.2, 0) is 14.3 Å². The number of hydroxylamine groups is 3. The lowest BCUT2D eigenvalue weighted by Gasteiger charge is -2.40. The van der Waals surface area contributed by atoms with Crippen LogP contribution in [0.2, 0.25) is 0 Å². The number of aliphatic hydroxyl groups is 2. The van der Waals surface area contributed by atoms with Gasteiger partial charge in [-0.05, 0) is 18.9 Å². The van der Waals surface area contributed by atoms with E-state index in [-0.39, 0.29) is 13.2 Å². The molecule has 2 aliphatic rings. The summed E-state index contributed by atoms with van der Waals surface area (Å²) in [5, 5.41) is 33.2. The first-order valence-corrected chi connectivity index (χ1v) is 8.04. The van der Waals surface area contributed by atoms with Gasteiger partial charge < -0.3 is 29.5 Å². The summed E-state index contributed by atoms with van der Waals surface area (Å²) in [7, 11) is 1.42. The minimum absolute atomic E-state index is 0.0890. The van der Waals surface area contributed by atoms with Crippen molar-refractivity contribution in [2.24, 2.45) is 5.92 Å². The highest BCUT2D eigenvalue weighted by Crippen LogP contribution is 2.36. The Morgan fingerprint density at radius 3 is 2.74 bits per heavy atom. The molecule has 2 N–H and O–H groups in total. The highest BCUT2D eigenvalue weighted by atomic mass is 16.6. The Morgan fingerprint density at radius 1 is 1.52 bits per heavy atom. The molecule has 2 heterocycles. The summed E-state index contributed by atoms with van der Waals surface area (Å²) >= 11 is 0. The highest BCUT2D eigenvalue weighted by Gasteiger charge is 2.49. The molecule has 7 heteroatoms. The molecule has 23 heavy (non-hydrogen) atoms. The normalized spacial score (nSPS) is 34.0. The third-order valence-corrected chi connectivity index (χ3v) is 5.27. The molecule has 0 aromatic rings. The van der Waals surface area contributed by atoms with Crippen LogP contribution in [0.4, 0.5) is 0 Å². The molecule has 0 bridgehead atoms. The van der Waals surface area contributed by atoms with Gasteiger partial charge in [0.05, 0.1) is 19.2 Å². The molecule has 0 aliphatic carbocycles. The van der Waals surface area contributed by atoms with Crippen molar-refractivity contribution in [3.63, 3.8) is 0 Å². The first-order valence-electron chi connectivity index (χ1n) is 8.04. The van der Waals surface area contributed by atoms with Crippen molar-refractivity contribution in [2.45, 2.75) is 51.0 Å². The predicted molar refractivity (Wildman–Crippen MR) is 83.1 cm³/mol. The molecule has 0 amide bonds. The predicted octanol–water partition coefficient (Wildman–Crippen LogP) is 0.339. The first-order chi connectivity index (χ1) is 10.7. The maximum Gasteiger partial charge on any atom is 0.341 e. The van der Waals surface area contributed by atoms with Gasteiger partial charge in [0.25, 0.3) is 0 Å². The Morgan fingerprint density at radius 2 is 2.17 bits per heavy atom. The van der Waals surface area contributed by atoms with Crippen molar-refractivity contribution in [1.29, 1.82) is 0 Å². The van der Waals surface area contributed by atoms with Crippen LogP contribution >= 0.6 is 0 Å². The van der Waals surface area contributed by atoms with Crippen molar-refractivity contribution >= 4 is 5.97 Å². The lowest BCUT2D eigenvalue weighted by Crippen LogP contribution is -2.54. The molecule has 0 radical (unpaired) electrons. The van der Waals surface area contributed by atoms with Crippen LogP contribution < -0.4 is 0 Å². The summed E-state index contributed by atoms with van der Waals surface area (Å²) in [6, 6.07) is -0.560. The van der Waals surface area contributed by atoms with E-state index in [0.29, 0.717) is 18.5 Å². The van der Waals surface area contributed by atoms with Crippen LogP contribution in [0.3, 0.4) is 0 Å². The zero-order valence-electron chi connectivity index (χ0n) is 14.2. The van der Waals surface area contributed by atoms with Gasteiger partial charge in [-0.1, -0.05) is 13.8 Å². The fraction of sp³-hybridized carbons (Fsp3) is 0.812. The summed E-state index contributed by atoms with van der Waals surface area (Å²) in [5.41, 5.74) is -1.12. The number of carbonyl (C=O) groups excluding carboxylic acids is 1. The molecule has 2 aliphatic heterocycles. The van der Waals surface area contributed by atoms with Gasteiger partial charge >= 0.3 is 5.97 Å². The fourth-order valence-electron chi connectivity index (χ4n) is 3.57. The smallest absolute Gasteiger partial charge is 0.341 e. The number of ether oxygens (including phenoxy) is 2. The van der Waals surface area contributed by atoms with Crippen LogP contribution in [0.1, 0.15) is 27.2 Å². The standard InChI is InChI=1S/C16H27NO6/c1-10(2)16(20,11(3)22-4)15(19)23-9-12-5-7-17(21)8-6-13(18)14(12)17/h5,10-11,13-14,18,20H,6-9H2,1-4H3/t11-,13-,14+,16-,17?/m0/s1. The number of esters is 1. The lowest BCUT2D eigenvalue weighted by atomic mass is 9.85. The number of fused-ring (bicyclic) bond motifs is 1. The zero-order chi connectivity index (χ0) is 17.4. The summed E-state index contributed by atoms with van der Waals surface area (Å²) in [6.07, 6.45) is 0.762. The zero-order valence-corrected chi connectivity index (χ0v) is 14.2. The van der Waals surface area contributed by atoms with E-state index in [0.717, 1.165) is 0 Å². The molecule has 0 saturated carbocycles. The Kier molecular flexibility index (Phi) is 5.18. The van der Waals surface area contributed by atoms with Crippen LogP contribution in [-0.4, -0.2) is 71.5 Å². The second-order valence-corrected chi connectivity index (χ2v) is 6.87. The molecule has 132 valence electrons. The van der Waals surface area contributed by atoms with E-state index in [4.69, 9.17) is 9.47 Å². The summed E-state index contributed by atoms with van der Waals surface area (Å²) in [4.78, 5) is 12.4. The van der Waals surface area contributed by atoms with Crippen molar-refractivity contribution in [3.05, 3.63) is 16.9 Å². The number of rotatable bonds is 6. The van der Waals surface area contributed by atoms with Gasteiger partial charge in [-0.3, -0.25) is 0 Å². The number of methoxy groups -OCH3 is 1. The number of nitrogens with zero attached hydrogens (tertiary/aromatic N) is 1. The maximum absolute atomic E-state index is 12.5. The van der Waals surface area contributed by atoms with E-state index >= 15 is 0 Å². The summed E-state index contributed by atoms with van der Waals surface area (Å²) < 4.78 is 9.92. The fourth-order valence-corrected chi connectivity index (χ4v) is 3.57. The van der Waals surface area contributed by atoms with Gasteiger partial charge in [-0.25, -0.2) is 4.79 Å². The van der Waals surface area contributed by atoms with Gasteiger partial charge in [0.15, 0.2) is 5.60 Å². The Labute approximate surface area is 136 Å². The van der Waals surface area contributed by atoms with Gasteiger partial charge in [0.2, 0.25) is 0 Å². The molecular formula is C16H27NO6. The van der Waals surface area contributed by atoms with Gasteiger partial charge in [-0.2, -0.15) is 0 Å². The van der Waals surface area contributed by atoms with Crippen LogP contribution in [0, 0.1) is 11.1 Å². The van der Waals surface area contributed by atoms with Gasteiger partial charge in [0.1, 0.15) is 18.8 Å². The van der Waals surface area contributed by atoms with Crippen LogP contribution in [0.5, 0.6) is 0 Å².